The maximum absolute atomic E-state index is 11.5. The minimum absolute atomic E-state index is 0.0187. The lowest BCUT2D eigenvalue weighted by Gasteiger charge is -2.24. The van der Waals surface area contributed by atoms with E-state index in [1.165, 1.54) is 18.6 Å². The van der Waals surface area contributed by atoms with Gasteiger partial charge in [-0.3, -0.25) is 4.79 Å². The van der Waals surface area contributed by atoms with E-state index in [2.05, 4.69) is 15.6 Å². The summed E-state index contributed by atoms with van der Waals surface area (Å²) < 4.78 is 0. The van der Waals surface area contributed by atoms with Crippen molar-refractivity contribution in [1.82, 2.24) is 15.5 Å². The monoisotopic (exact) mass is 272 g/mol. The standard InChI is InChI=1S/C12H24N4OS/c1-4-13-12(14-8-11(17)16(2)3)15-10-6-5-7-18-9-10/h10H,4-9H2,1-3H3,(H2,13,14,15). The van der Waals surface area contributed by atoms with Crippen LogP contribution < -0.4 is 10.6 Å². The van der Waals surface area contributed by atoms with Crippen LogP contribution in [-0.2, 0) is 4.79 Å². The van der Waals surface area contributed by atoms with E-state index in [0.717, 1.165) is 18.3 Å². The van der Waals surface area contributed by atoms with Crippen molar-refractivity contribution in [3.8, 4) is 0 Å². The van der Waals surface area contributed by atoms with Crippen LogP contribution in [-0.4, -0.2) is 61.5 Å². The van der Waals surface area contributed by atoms with Gasteiger partial charge in [-0.1, -0.05) is 0 Å². The van der Waals surface area contributed by atoms with E-state index in [9.17, 15) is 4.79 Å². The number of aliphatic imine (C=N–C) groups is 1. The molecule has 0 radical (unpaired) electrons. The Hall–Kier alpha value is -0.910. The molecular weight excluding hydrogens is 248 g/mol. The van der Waals surface area contributed by atoms with Crippen molar-refractivity contribution < 1.29 is 4.79 Å². The second kappa shape index (κ2) is 8.24. The van der Waals surface area contributed by atoms with Crippen molar-refractivity contribution in [1.29, 1.82) is 0 Å². The van der Waals surface area contributed by atoms with Crippen molar-refractivity contribution in [2.45, 2.75) is 25.8 Å². The fourth-order valence-electron chi connectivity index (χ4n) is 1.66. The second-order valence-corrected chi connectivity index (χ2v) is 5.69. The van der Waals surface area contributed by atoms with Gasteiger partial charge in [-0.2, -0.15) is 11.8 Å². The van der Waals surface area contributed by atoms with Crippen molar-refractivity contribution in [3.05, 3.63) is 0 Å². The number of nitrogens with zero attached hydrogens (tertiary/aromatic N) is 2. The number of amides is 1. The third kappa shape index (κ3) is 5.62. The SMILES string of the molecule is CCNC(=NCC(=O)N(C)C)NC1CCCSC1. The Bertz CT molecular complexity index is 288. The maximum Gasteiger partial charge on any atom is 0.243 e. The Morgan fingerprint density at radius 2 is 2.28 bits per heavy atom. The minimum atomic E-state index is 0.0187. The molecule has 0 aliphatic carbocycles. The van der Waals surface area contributed by atoms with E-state index in [-0.39, 0.29) is 12.5 Å². The molecule has 1 fully saturated rings. The van der Waals surface area contributed by atoms with Crippen LogP contribution in [0.3, 0.4) is 0 Å². The molecule has 1 rings (SSSR count). The molecule has 1 aliphatic rings. The lowest BCUT2D eigenvalue weighted by molar-refractivity contribution is -0.127. The average Bonchev–Trinajstić information content (AvgIpc) is 2.37. The van der Waals surface area contributed by atoms with Gasteiger partial charge in [0.25, 0.3) is 0 Å². The molecule has 1 aliphatic heterocycles. The highest BCUT2D eigenvalue weighted by atomic mass is 32.2. The average molecular weight is 272 g/mol. The first-order chi connectivity index (χ1) is 8.63. The molecule has 1 saturated heterocycles. The first kappa shape index (κ1) is 15.1. The first-order valence-electron chi connectivity index (χ1n) is 6.46. The van der Waals surface area contributed by atoms with Crippen molar-refractivity contribution >= 4 is 23.6 Å². The lowest BCUT2D eigenvalue weighted by atomic mass is 10.2. The van der Waals surface area contributed by atoms with Crippen LogP contribution in [0.25, 0.3) is 0 Å². The molecule has 18 heavy (non-hydrogen) atoms. The fraction of sp³-hybridized carbons (Fsp3) is 0.833. The summed E-state index contributed by atoms with van der Waals surface area (Å²) in [7, 11) is 3.49. The highest BCUT2D eigenvalue weighted by molar-refractivity contribution is 7.99. The predicted molar refractivity (Wildman–Crippen MR) is 78.2 cm³/mol. The van der Waals surface area contributed by atoms with E-state index >= 15 is 0 Å². The molecule has 0 saturated carbocycles. The summed E-state index contributed by atoms with van der Waals surface area (Å²) in [6.45, 7) is 3.03. The van der Waals surface area contributed by atoms with Crippen molar-refractivity contribution in [2.24, 2.45) is 4.99 Å². The number of likely N-dealkylation sites (N-methyl/N-ethyl adjacent to an activating group) is 1. The molecule has 1 heterocycles. The highest BCUT2D eigenvalue weighted by Gasteiger charge is 2.15. The summed E-state index contributed by atoms with van der Waals surface area (Å²) in [6, 6.07) is 0.469. The van der Waals surface area contributed by atoms with Gasteiger partial charge in [0.05, 0.1) is 0 Å². The Balaban J connectivity index is 2.46. The van der Waals surface area contributed by atoms with Crippen LogP contribution in [0, 0.1) is 0 Å². The quantitative estimate of drug-likeness (QED) is 0.579. The third-order valence-electron chi connectivity index (χ3n) is 2.72. The molecule has 6 heteroatoms. The van der Waals surface area contributed by atoms with Gasteiger partial charge in [-0.05, 0) is 25.5 Å². The van der Waals surface area contributed by atoms with Crippen LogP contribution in [0.2, 0.25) is 0 Å². The summed E-state index contributed by atoms with van der Waals surface area (Å²) in [6.07, 6.45) is 2.43. The summed E-state index contributed by atoms with van der Waals surface area (Å²) in [4.78, 5) is 17.4. The second-order valence-electron chi connectivity index (χ2n) is 4.54. The van der Waals surface area contributed by atoms with Crippen LogP contribution in [0.5, 0.6) is 0 Å². The van der Waals surface area contributed by atoms with Gasteiger partial charge in [0.1, 0.15) is 6.54 Å². The molecule has 1 unspecified atom stereocenters. The molecule has 104 valence electrons. The normalized spacial score (nSPS) is 20.4. The Labute approximate surface area is 114 Å². The van der Waals surface area contributed by atoms with E-state index < -0.39 is 0 Å². The zero-order valence-electron chi connectivity index (χ0n) is 11.5. The molecule has 1 amide bonds. The van der Waals surface area contributed by atoms with Crippen LogP contribution in [0.1, 0.15) is 19.8 Å². The first-order valence-corrected chi connectivity index (χ1v) is 7.61. The van der Waals surface area contributed by atoms with Gasteiger partial charge < -0.3 is 15.5 Å². The van der Waals surface area contributed by atoms with E-state index in [1.807, 2.05) is 18.7 Å². The molecule has 0 aromatic heterocycles. The summed E-state index contributed by atoms with van der Waals surface area (Å²) in [5.41, 5.74) is 0. The summed E-state index contributed by atoms with van der Waals surface area (Å²) >= 11 is 1.97. The van der Waals surface area contributed by atoms with Crippen LogP contribution in [0.15, 0.2) is 4.99 Å². The largest absolute Gasteiger partial charge is 0.357 e. The number of thioether (sulfide) groups is 1. The molecule has 0 aromatic rings. The van der Waals surface area contributed by atoms with Gasteiger partial charge >= 0.3 is 0 Å². The number of carbonyl (C=O) groups excluding carboxylic acids is 1. The number of hydrogen-bond acceptors (Lipinski definition) is 3. The number of hydrogen-bond donors (Lipinski definition) is 2. The smallest absolute Gasteiger partial charge is 0.243 e. The van der Waals surface area contributed by atoms with Gasteiger partial charge in [0, 0.05) is 32.4 Å². The Morgan fingerprint density at radius 1 is 1.50 bits per heavy atom. The fourth-order valence-corrected chi connectivity index (χ4v) is 2.73. The van der Waals surface area contributed by atoms with Crippen LogP contribution >= 0.6 is 11.8 Å². The van der Waals surface area contributed by atoms with E-state index in [1.54, 1.807) is 19.0 Å². The number of carbonyl (C=O) groups is 1. The lowest BCUT2D eigenvalue weighted by Crippen LogP contribution is -2.46. The molecule has 0 bridgehead atoms. The van der Waals surface area contributed by atoms with E-state index in [0.29, 0.717) is 6.04 Å². The van der Waals surface area contributed by atoms with Gasteiger partial charge in [-0.25, -0.2) is 4.99 Å². The molecule has 0 aromatic carbocycles. The van der Waals surface area contributed by atoms with Gasteiger partial charge in [0.2, 0.25) is 5.91 Å². The van der Waals surface area contributed by atoms with E-state index in [4.69, 9.17) is 0 Å². The molecule has 0 spiro atoms. The predicted octanol–water partition coefficient (Wildman–Crippen LogP) is 0.525. The summed E-state index contributed by atoms with van der Waals surface area (Å²) in [5, 5.41) is 6.58. The third-order valence-corrected chi connectivity index (χ3v) is 3.93. The maximum atomic E-state index is 11.5. The zero-order chi connectivity index (χ0) is 13.4. The Morgan fingerprint density at radius 3 is 2.83 bits per heavy atom. The van der Waals surface area contributed by atoms with Crippen LogP contribution in [0.4, 0.5) is 0 Å². The molecule has 1 atom stereocenters. The van der Waals surface area contributed by atoms with Crippen molar-refractivity contribution in [3.63, 3.8) is 0 Å². The molecule has 5 nitrogen and oxygen atoms in total. The Kier molecular flexibility index (Phi) is 6.93. The number of guanidine groups is 1. The number of rotatable bonds is 4. The molecular formula is C12H24N4OS. The summed E-state index contributed by atoms with van der Waals surface area (Å²) in [5.74, 6) is 3.14. The zero-order valence-corrected chi connectivity index (χ0v) is 12.3. The minimum Gasteiger partial charge on any atom is -0.357 e. The molecule has 2 N–H and O–H groups in total. The topological polar surface area (TPSA) is 56.7 Å². The van der Waals surface area contributed by atoms with Gasteiger partial charge in [0.15, 0.2) is 5.96 Å². The number of nitrogens with one attached hydrogen (secondary N) is 2. The van der Waals surface area contributed by atoms with Crippen molar-refractivity contribution in [2.75, 3.05) is 38.7 Å². The highest BCUT2D eigenvalue weighted by Crippen LogP contribution is 2.16. The van der Waals surface area contributed by atoms with Gasteiger partial charge in [-0.15, -0.1) is 0 Å².